The lowest BCUT2D eigenvalue weighted by Gasteiger charge is -2.21. The summed E-state index contributed by atoms with van der Waals surface area (Å²) < 4.78 is 22.6. The predicted molar refractivity (Wildman–Crippen MR) is 75.0 cm³/mol. The molecule has 4 N–H and O–H groups in total. The smallest absolute Gasteiger partial charge is 0.238 e. The zero-order valence-electron chi connectivity index (χ0n) is 10.9. The maximum Gasteiger partial charge on any atom is 0.238 e. The summed E-state index contributed by atoms with van der Waals surface area (Å²) >= 11 is 0. The Morgan fingerprint density at radius 1 is 1.28 bits per heavy atom. The Balaban J connectivity index is 2.93. The zero-order chi connectivity index (χ0) is 13.8. The highest BCUT2D eigenvalue weighted by Gasteiger charge is 2.12. The summed E-state index contributed by atoms with van der Waals surface area (Å²) in [4.78, 5) is 2.05. The molecule has 18 heavy (non-hydrogen) atoms. The molecule has 6 heteroatoms. The molecule has 0 amide bonds. The fraction of sp³-hybridized carbons (Fsp3) is 0.500. The van der Waals surface area contributed by atoms with Gasteiger partial charge in [0.25, 0.3) is 0 Å². The second-order valence-corrected chi connectivity index (χ2v) is 5.96. The van der Waals surface area contributed by atoms with Crippen LogP contribution in [0.15, 0.2) is 23.1 Å². The number of nitrogens with zero attached hydrogens (tertiary/aromatic N) is 1. The summed E-state index contributed by atoms with van der Waals surface area (Å²) in [5.74, 6) is 0. The summed E-state index contributed by atoms with van der Waals surface area (Å²) in [6, 6.07) is 4.52. The Labute approximate surface area is 109 Å². The van der Waals surface area contributed by atoms with E-state index in [9.17, 15) is 8.42 Å². The maximum absolute atomic E-state index is 11.3. The average molecular weight is 271 g/mol. The van der Waals surface area contributed by atoms with Gasteiger partial charge in [-0.15, -0.1) is 0 Å². The van der Waals surface area contributed by atoms with Crippen molar-refractivity contribution in [3.05, 3.63) is 18.2 Å². The summed E-state index contributed by atoms with van der Waals surface area (Å²) in [7, 11) is -1.79. The van der Waals surface area contributed by atoms with Crippen LogP contribution in [0.1, 0.15) is 26.2 Å². The van der Waals surface area contributed by atoms with Crippen LogP contribution in [0.5, 0.6) is 0 Å². The number of benzene rings is 1. The molecular weight excluding hydrogens is 250 g/mol. The van der Waals surface area contributed by atoms with E-state index in [1.165, 1.54) is 12.1 Å². The minimum absolute atomic E-state index is 0.0917. The number of hydrogen-bond acceptors (Lipinski definition) is 4. The van der Waals surface area contributed by atoms with Gasteiger partial charge in [-0.2, -0.15) is 0 Å². The van der Waals surface area contributed by atoms with Gasteiger partial charge in [-0.05, 0) is 24.6 Å². The van der Waals surface area contributed by atoms with Gasteiger partial charge in [-0.1, -0.05) is 19.8 Å². The molecule has 0 saturated heterocycles. The Morgan fingerprint density at radius 3 is 2.50 bits per heavy atom. The molecule has 1 aromatic rings. The minimum atomic E-state index is -3.68. The van der Waals surface area contributed by atoms with Crippen LogP contribution in [0.4, 0.5) is 11.4 Å². The molecule has 0 atom stereocenters. The third kappa shape index (κ3) is 3.89. The highest BCUT2D eigenvalue weighted by Crippen LogP contribution is 2.25. The normalized spacial score (nSPS) is 11.5. The van der Waals surface area contributed by atoms with Crippen LogP contribution < -0.4 is 15.8 Å². The van der Waals surface area contributed by atoms with E-state index in [4.69, 9.17) is 10.9 Å². The van der Waals surface area contributed by atoms with Gasteiger partial charge in [0.05, 0.1) is 16.3 Å². The van der Waals surface area contributed by atoms with Crippen molar-refractivity contribution in [3.8, 4) is 0 Å². The van der Waals surface area contributed by atoms with Gasteiger partial charge in [0, 0.05) is 13.6 Å². The van der Waals surface area contributed by atoms with Gasteiger partial charge in [0.1, 0.15) is 0 Å². The molecule has 0 heterocycles. The van der Waals surface area contributed by atoms with Crippen LogP contribution in [-0.2, 0) is 10.0 Å². The van der Waals surface area contributed by atoms with Crippen molar-refractivity contribution in [2.45, 2.75) is 31.1 Å². The lowest BCUT2D eigenvalue weighted by molar-refractivity contribution is 0.598. The highest BCUT2D eigenvalue weighted by atomic mass is 32.2. The van der Waals surface area contributed by atoms with Crippen LogP contribution in [0.25, 0.3) is 0 Å². The second kappa shape index (κ2) is 6.06. The Bertz CT molecular complexity index is 500. The molecule has 1 aromatic carbocycles. The van der Waals surface area contributed by atoms with E-state index in [-0.39, 0.29) is 4.90 Å². The second-order valence-electron chi connectivity index (χ2n) is 4.39. The van der Waals surface area contributed by atoms with Crippen molar-refractivity contribution in [1.82, 2.24) is 0 Å². The van der Waals surface area contributed by atoms with Gasteiger partial charge in [0.15, 0.2) is 0 Å². The van der Waals surface area contributed by atoms with Crippen molar-refractivity contribution >= 4 is 21.4 Å². The first-order valence-corrected chi connectivity index (χ1v) is 7.54. The summed E-state index contributed by atoms with van der Waals surface area (Å²) in [6.07, 6.45) is 3.33. The third-order valence-electron chi connectivity index (χ3n) is 2.84. The predicted octanol–water partition coefficient (Wildman–Crippen LogP) is 1.54. The van der Waals surface area contributed by atoms with Crippen LogP contribution in [-0.4, -0.2) is 22.0 Å². The van der Waals surface area contributed by atoms with Crippen molar-refractivity contribution in [2.24, 2.45) is 5.14 Å². The average Bonchev–Trinajstić information content (AvgIpc) is 2.28. The van der Waals surface area contributed by atoms with E-state index >= 15 is 0 Å². The van der Waals surface area contributed by atoms with Gasteiger partial charge in [0.2, 0.25) is 10.0 Å². The van der Waals surface area contributed by atoms with Crippen LogP contribution in [0.3, 0.4) is 0 Å². The number of rotatable bonds is 6. The van der Waals surface area contributed by atoms with Gasteiger partial charge in [-0.25, -0.2) is 13.6 Å². The Morgan fingerprint density at radius 2 is 1.94 bits per heavy atom. The first-order valence-electron chi connectivity index (χ1n) is 5.99. The summed E-state index contributed by atoms with van der Waals surface area (Å²) in [5, 5.41) is 5.11. The number of unbranched alkanes of at least 4 members (excludes halogenated alkanes) is 2. The molecule has 0 aliphatic carbocycles. The van der Waals surface area contributed by atoms with Crippen molar-refractivity contribution in [2.75, 3.05) is 24.2 Å². The molecule has 102 valence electrons. The Hall–Kier alpha value is -1.27. The quantitative estimate of drug-likeness (QED) is 0.606. The lowest BCUT2D eigenvalue weighted by Crippen LogP contribution is -2.21. The molecule has 0 unspecified atom stereocenters. The number of hydrogen-bond donors (Lipinski definition) is 2. The standard InChI is InChI=1S/C12H21N3O2S/c1-3-4-5-8-15(2)12-9-10(18(14,16)17)6-7-11(12)13/h6-7,9H,3-5,8,13H2,1-2H3,(H2,14,16,17). The van der Waals surface area contributed by atoms with Crippen LogP contribution in [0.2, 0.25) is 0 Å². The molecule has 0 aliphatic rings. The first kappa shape index (κ1) is 14.8. The largest absolute Gasteiger partial charge is 0.397 e. The monoisotopic (exact) mass is 271 g/mol. The molecule has 0 aliphatic heterocycles. The molecule has 1 rings (SSSR count). The van der Waals surface area contributed by atoms with Gasteiger partial charge >= 0.3 is 0 Å². The molecule has 0 saturated carbocycles. The zero-order valence-corrected chi connectivity index (χ0v) is 11.7. The maximum atomic E-state index is 11.3. The van der Waals surface area contributed by atoms with Crippen molar-refractivity contribution in [1.29, 1.82) is 0 Å². The van der Waals surface area contributed by atoms with E-state index in [1.807, 2.05) is 11.9 Å². The van der Waals surface area contributed by atoms with E-state index < -0.39 is 10.0 Å². The molecule has 0 radical (unpaired) electrons. The molecule has 0 fully saturated rings. The van der Waals surface area contributed by atoms with E-state index in [0.717, 1.165) is 25.8 Å². The van der Waals surface area contributed by atoms with Gasteiger partial charge < -0.3 is 10.6 Å². The molecule has 0 spiro atoms. The molecule has 0 aromatic heterocycles. The lowest BCUT2D eigenvalue weighted by atomic mass is 10.2. The fourth-order valence-electron chi connectivity index (χ4n) is 1.75. The number of anilines is 2. The van der Waals surface area contributed by atoms with Crippen molar-refractivity contribution in [3.63, 3.8) is 0 Å². The fourth-order valence-corrected chi connectivity index (χ4v) is 2.28. The summed E-state index contributed by atoms with van der Waals surface area (Å²) in [6.45, 7) is 2.97. The van der Waals surface area contributed by atoms with Crippen molar-refractivity contribution < 1.29 is 8.42 Å². The van der Waals surface area contributed by atoms with E-state index in [0.29, 0.717) is 11.4 Å². The first-order chi connectivity index (χ1) is 8.36. The highest BCUT2D eigenvalue weighted by molar-refractivity contribution is 7.89. The topological polar surface area (TPSA) is 89.4 Å². The molecule has 0 bridgehead atoms. The van der Waals surface area contributed by atoms with Crippen LogP contribution >= 0.6 is 0 Å². The SMILES string of the molecule is CCCCCN(C)c1cc(S(N)(=O)=O)ccc1N. The van der Waals surface area contributed by atoms with Crippen LogP contribution in [0, 0.1) is 0 Å². The summed E-state index contributed by atoms with van der Waals surface area (Å²) in [5.41, 5.74) is 7.12. The molecule has 5 nitrogen and oxygen atoms in total. The molecular formula is C12H21N3O2S. The van der Waals surface area contributed by atoms with E-state index in [2.05, 4.69) is 6.92 Å². The van der Waals surface area contributed by atoms with Gasteiger partial charge in [-0.3, -0.25) is 0 Å². The number of nitrogens with two attached hydrogens (primary N) is 2. The third-order valence-corrected chi connectivity index (χ3v) is 3.75. The number of sulfonamides is 1. The number of primary sulfonamides is 1. The van der Waals surface area contributed by atoms with E-state index in [1.54, 1.807) is 6.07 Å². The Kier molecular flexibility index (Phi) is 4.98. The number of nitrogen functional groups attached to an aromatic ring is 1. The minimum Gasteiger partial charge on any atom is -0.397 e.